The number of azide groups is 1. The molecule has 0 spiro atoms. The van der Waals surface area contributed by atoms with Crippen molar-refractivity contribution in [3.8, 4) is 0 Å². The van der Waals surface area contributed by atoms with E-state index >= 15 is 0 Å². The summed E-state index contributed by atoms with van der Waals surface area (Å²) in [5, 5.41) is 14.3. The summed E-state index contributed by atoms with van der Waals surface area (Å²) < 4.78 is 19.1. The van der Waals surface area contributed by atoms with Crippen LogP contribution in [0, 0.1) is 0 Å². The first-order chi connectivity index (χ1) is 13.3. The van der Waals surface area contributed by atoms with Crippen LogP contribution in [0.4, 0.5) is 0 Å². The van der Waals surface area contributed by atoms with Crippen LogP contribution in [0.3, 0.4) is 0 Å². The quantitative estimate of drug-likeness (QED) is 0.346. The van der Waals surface area contributed by atoms with E-state index in [1.165, 1.54) is 0 Å². The number of rotatable bonds is 4. The Morgan fingerprint density at radius 2 is 1.74 bits per heavy atom. The van der Waals surface area contributed by atoms with E-state index in [-0.39, 0.29) is 20.0 Å². The van der Waals surface area contributed by atoms with Crippen LogP contribution in [-0.2, 0) is 14.2 Å². The third-order valence-electron chi connectivity index (χ3n) is 4.59. The van der Waals surface area contributed by atoms with Gasteiger partial charge in [-0.25, -0.2) is 0 Å². The van der Waals surface area contributed by atoms with Crippen molar-refractivity contribution < 1.29 is 19.3 Å². The van der Waals surface area contributed by atoms with Gasteiger partial charge in [0.15, 0.2) is 0 Å². The average molecular weight is 432 g/mol. The zero-order chi connectivity index (χ0) is 18.6. The van der Waals surface area contributed by atoms with E-state index in [1.807, 2.05) is 60.7 Å². The van der Waals surface area contributed by atoms with Gasteiger partial charge < -0.3 is 0 Å². The van der Waals surface area contributed by atoms with Gasteiger partial charge in [-0.1, -0.05) is 0 Å². The Balaban J connectivity index is 1.53. The number of ether oxygens (including phenoxy) is 3. The molecule has 2 fully saturated rings. The molecule has 0 aliphatic carbocycles. The van der Waals surface area contributed by atoms with E-state index in [4.69, 9.17) is 19.7 Å². The first kappa shape index (κ1) is 18.5. The first-order valence-electron chi connectivity index (χ1n) is 8.68. The second-order valence-electron chi connectivity index (χ2n) is 6.34. The molecule has 1 N–H and O–H groups in total. The summed E-state index contributed by atoms with van der Waals surface area (Å²) in [5.41, 5.74) is 9.85. The maximum atomic E-state index is 10.9. The number of aliphatic hydroxyl groups excluding tert-OH is 1. The summed E-state index contributed by atoms with van der Waals surface area (Å²) in [4.78, 5) is 2.92. The predicted molar refractivity (Wildman–Crippen MR) is 99.4 cm³/mol. The molecular weight excluding hydrogens is 413 g/mol. The molecule has 0 bridgehead atoms. The van der Waals surface area contributed by atoms with Gasteiger partial charge in [0.25, 0.3) is 0 Å². The Kier molecular flexibility index (Phi) is 5.76. The van der Waals surface area contributed by atoms with Gasteiger partial charge in [-0.3, -0.25) is 0 Å². The summed E-state index contributed by atoms with van der Waals surface area (Å²) in [5.74, 6) is 0. The average Bonchev–Trinajstić information content (AvgIpc) is 2.72. The van der Waals surface area contributed by atoms with Crippen LogP contribution in [0.1, 0.15) is 11.9 Å². The summed E-state index contributed by atoms with van der Waals surface area (Å²) in [6.45, 7) is 0.311. The monoisotopic (exact) mass is 433 g/mol. The topological polar surface area (TPSA) is 96.7 Å². The molecule has 2 aliphatic heterocycles. The van der Waals surface area contributed by atoms with Crippen molar-refractivity contribution in [1.29, 1.82) is 0 Å². The third kappa shape index (κ3) is 4.03. The van der Waals surface area contributed by atoms with Gasteiger partial charge in [0, 0.05) is 0 Å². The van der Waals surface area contributed by atoms with E-state index in [2.05, 4.69) is 10.0 Å². The van der Waals surface area contributed by atoms with Crippen molar-refractivity contribution in [2.75, 3.05) is 6.61 Å². The molecule has 0 radical (unpaired) electrons. The van der Waals surface area contributed by atoms with Crippen LogP contribution in [0.25, 0.3) is 10.4 Å². The second kappa shape index (κ2) is 8.42. The van der Waals surface area contributed by atoms with Crippen LogP contribution < -0.4 is 4.46 Å². The number of fused-ring (bicyclic) bond motifs is 1. The normalized spacial score (nSPS) is 32.9. The molecule has 2 aromatic carbocycles. The van der Waals surface area contributed by atoms with Gasteiger partial charge in [0.2, 0.25) is 0 Å². The number of hydrogen-bond acceptors (Lipinski definition) is 5. The molecule has 27 heavy (non-hydrogen) atoms. The van der Waals surface area contributed by atoms with Crippen LogP contribution in [0.5, 0.6) is 0 Å². The van der Waals surface area contributed by atoms with Gasteiger partial charge >= 0.3 is 163 Å². The minimum atomic E-state index is -0.953. The van der Waals surface area contributed by atoms with Crippen LogP contribution >= 0.6 is 0 Å². The summed E-state index contributed by atoms with van der Waals surface area (Å²) in [6, 6.07) is 18.7. The number of aliphatic hydroxyl groups is 1. The SMILES string of the molecule is [N-]=[N+]=N[C@H]1[C@@H](O)[C@@H]2OC(c3ccccc3)OC[C@H]2O[C@@H]1[Se]c1ccccc1. The maximum absolute atomic E-state index is 10.9. The molecule has 2 aromatic rings. The molecule has 1 unspecified atom stereocenters. The van der Waals surface area contributed by atoms with Crippen molar-refractivity contribution >= 4 is 19.4 Å². The Morgan fingerprint density at radius 3 is 2.44 bits per heavy atom. The molecule has 0 saturated carbocycles. The van der Waals surface area contributed by atoms with E-state index in [0.717, 1.165) is 10.0 Å². The zero-order valence-corrected chi connectivity index (χ0v) is 16.1. The van der Waals surface area contributed by atoms with E-state index in [0.29, 0.717) is 6.61 Å². The Hall–Kier alpha value is -1.89. The van der Waals surface area contributed by atoms with E-state index in [1.54, 1.807) is 0 Å². The fourth-order valence-electron chi connectivity index (χ4n) is 3.27. The zero-order valence-electron chi connectivity index (χ0n) is 14.4. The third-order valence-corrected chi connectivity index (χ3v) is 7.03. The molecule has 7 nitrogen and oxygen atoms in total. The molecule has 8 heteroatoms. The van der Waals surface area contributed by atoms with Crippen molar-refractivity contribution in [2.24, 2.45) is 5.11 Å². The van der Waals surface area contributed by atoms with Crippen molar-refractivity contribution in [2.45, 2.75) is 35.6 Å². The van der Waals surface area contributed by atoms with E-state index in [9.17, 15) is 5.11 Å². The number of benzene rings is 2. The summed E-state index contributed by atoms with van der Waals surface area (Å²) >= 11 is -0.123. The minimum absolute atomic E-state index is 0.123. The summed E-state index contributed by atoms with van der Waals surface area (Å²) in [6.07, 6.45) is -2.54. The van der Waals surface area contributed by atoms with Gasteiger partial charge in [-0.2, -0.15) is 0 Å². The molecule has 140 valence electrons. The van der Waals surface area contributed by atoms with Gasteiger partial charge in [-0.05, 0) is 0 Å². The molecule has 2 aliphatic rings. The molecular formula is C19H19N3O4Se. The second-order valence-corrected chi connectivity index (χ2v) is 8.79. The van der Waals surface area contributed by atoms with Crippen molar-refractivity contribution in [3.63, 3.8) is 0 Å². The molecule has 0 amide bonds. The fourth-order valence-corrected chi connectivity index (χ4v) is 5.65. The molecule has 2 heterocycles. The fraction of sp³-hybridized carbons (Fsp3) is 0.368. The van der Waals surface area contributed by atoms with Crippen LogP contribution in [0.2, 0.25) is 0 Å². The Labute approximate surface area is 163 Å². The number of nitrogens with zero attached hydrogens (tertiary/aromatic N) is 3. The molecule has 2 saturated heterocycles. The molecule has 6 atom stereocenters. The van der Waals surface area contributed by atoms with Gasteiger partial charge in [0.05, 0.1) is 0 Å². The summed E-state index contributed by atoms with van der Waals surface area (Å²) in [7, 11) is 0. The molecule has 4 rings (SSSR count). The van der Waals surface area contributed by atoms with Crippen LogP contribution in [-0.4, -0.2) is 56.0 Å². The standard InChI is InChI=1S/C19H19N3O4Se/c20-22-21-15-16(23)17-14(25-19(15)27-13-9-5-2-6-10-13)11-24-18(26-17)12-7-3-1-4-8-12/h1-10,14-19,23H,11H2/t14-,15+,16-,17-,18?,19-/m1/s1. The van der Waals surface area contributed by atoms with Crippen molar-refractivity contribution in [1.82, 2.24) is 0 Å². The van der Waals surface area contributed by atoms with Gasteiger partial charge in [-0.15, -0.1) is 0 Å². The van der Waals surface area contributed by atoms with Gasteiger partial charge in [0.1, 0.15) is 0 Å². The Bertz CT molecular complexity index is 803. The Morgan fingerprint density at radius 1 is 1.04 bits per heavy atom. The van der Waals surface area contributed by atoms with E-state index < -0.39 is 30.6 Å². The van der Waals surface area contributed by atoms with Crippen LogP contribution in [0.15, 0.2) is 65.8 Å². The number of hydrogen-bond donors (Lipinski definition) is 1. The predicted octanol–water partition coefficient (Wildman–Crippen LogP) is 1.90. The first-order valence-corrected chi connectivity index (χ1v) is 10.5. The molecule has 0 aromatic heterocycles. The van der Waals surface area contributed by atoms with Crippen molar-refractivity contribution in [3.05, 3.63) is 76.7 Å².